The first-order valence-corrected chi connectivity index (χ1v) is 7.99. The van der Waals surface area contributed by atoms with Gasteiger partial charge in [0.1, 0.15) is 17.4 Å². The first kappa shape index (κ1) is 15.2. The minimum Gasteiger partial charge on any atom is -0.486 e. The number of hydrogen-bond donors (Lipinski definition) is 0. The van der Waals surface area contributed by atoms with Gasteiger partial charge in [-0.25, -0.2) is 4.79 Å². The predicted octanol–water partition coefficient (Wildman–Crippen LogP) is 4.94. The molecule has 1 saturated carbocycles. The Bertz CT molecular complexity index is 785. The number of rotatable bonds is 2. The summed E-state index contributed by atoms with van der Waals surface area (Å²) in [6.07, 6.45) is 4.27. The molecule has 1 aliphatic rings. The SMILES string of the molecule is C/C(Cl)=C1\CCCCC1Oc1ccc2c(C)cc(=O)oc2c1. The van der Waals surface area contributed by atoms with E-state index in [2.05, 4.69) is 0 Å². The van der Waals surface area contributed by atoms with Gasteiger partial charge in [-0.15, -0.1) is 0 Å². The molecule has 0 amide bonds. The molecule has 3 rings (SSSR count). The first-order chi connectivity index (χ1) is 10.5. The van der Waals surface area contributed by atoms with E-state index < -0.39 is 0 Å². The van der Waals surface area contributed by atoms with Crippen LogP contribution in [-0.4, -0.2) is 6.10 Å². The topological polar surface area (TPSA) is 39.4 Å². The lowest BCUT2D eigenvalue weighted by atomic mass is 9.91. The minimum atomic E-state index is -0.336. The Balaban J connectivity index is 1.94. The van der Waals surface area contributed by atoms with Crippen LogP contribution in [0.1, 0.15) is 38.2 Å². The van der Waals surface area contributed by atoms with E-state index in [1.807, 2.05) is 26.0 Å². The number of fused-ring (bicyclic) bond motifs is 1. The van der Waals surface area contributed by atoms with Crippen LogP contribution in [0.15, 0.2) is 44.1 Å². The third-order valence-electron chi connectivity index (χ3n) is 4.19. The third kappa shape index (κ3) is 3.05. The predicted molar refractivity (Wildman–Crippen MR) is 88.7 cm³/mol. The maximum Gasteiger partial charge on any atom is 0.336 e. The van der Waals surface area contributed by atoms with Crippen molar-refractivity contribution in [2.24, 2.45) is 0 Å². The fraction of sp³-hybridized carbons (Fsp3) is 0.389. The average Bonchev–Trinajstić information content (AvgIpc) is 2.47. The van der Waals surface area contributed by atoms with Gasteiger partial charge in [0.25, 0.3) is 0 Å². The van der Waals surface area contributed by atoms with Gasteiger partial charge >= 0.3 is 5.63 Å². The summed E-state index contributed by atoms with van der Waals surface area (Å²) in [4.78, 5) is 11.5. The molecule has 0 aliphatic heterocycles. The van der Waals surface area contributed by atoms with Gasteiger partial charge in [-0.05, 0) is 62.8 Å². The zero-order chi connectivity index (χ0) is 15.7. The lowest BCUT2D eigenvalue weighted by molar-refractivity contribution is 0.203. The highest BCUT2D eigenvalue weighted by molar-refractivity contribution is 6.29. The van der Waals surface area contributed by atoms with Gasteiger partial charge in [0, 0.05) is 22.6 Å². The Kier molecular flexibility index (Phi) is 4.25. The zero-order valence-corrected chi connectivity index (χ0v) is 13.6. The van der Waals surface area contributed by atoms with Crippen molar-refractivity contribution in [3.05, 3.63) is 50.9 Å². The second kappa shape index (κ2) is 6.17. The number of halogens is 1. The van der Waals surface area contributed by atoms with E-state index >= 15 is 0 Å². The van der Waals surface area contributed by atoms with Gasteiger partial charge in [0.15, 0.2) is 0 Å². The number of benzene rings is 1. The Morgan fingerprint density at radius 2 is 2.14 bits per heavy atom. The minimum absolute atomic E-state index is 0.0141. The van der Waals surface area contributed by atoms with Gasteiger partial charge < -0.3 is 9.15 Å². The number of allylic oxidation sites excluding steroid dienone is 1. The number of hydrogen-bond acceptors (Lipinski definition) is 3. The molecule has 1 unspecified atom stereocenters. The monoisotopic (exact) mass is 318 g/mol. The quantitative estimate of drug-likeness (QED) is 0.736. The molecular weight excluding hydrogens is 300 g/mol. The van der Waals surface area contributed by atoms with Crippen molar-refractivity contribution in [3.63, 3.8) is 0 Å². The molecule has 1 heterocycles. The lowest BCUT2D eigenvalue weighted by Gasteiger charge is -2.27. The van der Waals surface area contributed by atoms with E-state index in [1.54, 1.807) is 6.07 Å². The Morgan fingerprint density at radius 3 is 2.91 bits per heavy atom. The summed E-state index contributed by atoms with van der Waals surface area (Å²) in [5, 5.41) is 1.76. The fourth-order valence-corrected chi connectivity index (χ4v) is 3.26. The fourth-order valence-electron chi connectivity index (χ4n) is 3.05. The Labute approximate surface area is 134 Å². The van der Waals surface area contributed by atoms with Gasteiger partial charge in [-0.2, -0.15) is 0 Å². The summed E-state index contributed by atoms with van der Waals surface area (Å²) in [6.45, 7) is 3.82. The molecule has 0 spiro atoms. The van der Waals surface area contributed by atoms with Gasteiger partial charge in [-0.3, -0.25) is 0 Å². The van der Waals surface area contributed by atoms with Crippen LogP contribution in [-0.2, 0) is 0 Å². The second-order valence-electron chi connectivity index (χ2n) is 5.82. The van der Waals surface area contributed by atoms with E-state index in [-0.39, 0.29) is 11.7 Å². The van der Waals surface area contributed by atoms with E-state index in [0.717, 1.165) is 41.7 Å². The van der Waals surface area contributed by atoms with Crippen molar-refractivity contribution < 1.29 is 9.15 Å². The van der Waals surface area contributed by atoms with Crippen molar-refractivity contribution in [1.29, 1.82) is 0 Å². The van der Waals surface area contributed by atoms with Crippen LogP contribution < -0.4 is 10.4 Å². The number of aryl methyl sites for hydroxylation is 1. The second-order valence-corrected chi connectivity index (χ2v) is 6.38. The molecule has 1 aromatic heterocycles. The smallest absolute Gasteiger partial charge is 0.336 e. The first-order valence-electron chi connectivity index (χ1n) is 7.61. The number of ether oxygens (including phenoxy) is 1. The van der Waals surface area contributed by atoms with Crippen molar-refractivity contribution in [3.8, 4) is 5.75 Å². The molecule has 0 bridgehead atoms. The maximum atomic E-state index is 11.5. The summed E-state index contributed by atoms with van der Waals surface area (Å²) in [5.41, 5.74) is 2.31. The van der Waals surface area contributed by atoms with Crippen molar-refractivity contribution >= 4 is 22.6 Å². The van der Waals surface area contributed by atoms with Crippen molar-refractivity contribution in [2.45, 2.75) is 45.6 Å². The summed E-state index contributed by atoms with van der Waals surface area (Å²) in [6, 6.07) is 7.15. The van der Waals surface area contributed by atoms with Gasteiger partial charge in [0.05, 0.1) is 0 Å². The van der Waals surface area contributed by atoms with Gasteiger partial charge in [0.2, 0.25) is 0 Å². The normalized spacial score (nSPS) is 21.0. The molecule has 0 saturated heterocycles. The highest BCUT2D eigenvalue weighted by Gasteiger charge is 2.22. The van der Waals surface area contributed by atoms with E-state index in [1.165, 1.54) is 11.6 Å². The molecule has 1 aromatic carbocycles. The molecule has 0 radical (unpaired) electrons. The van der Waals surface area contributed by atoms with Crippen LogP contribution in [0.5, 0.6) is 5.75 Å². The summed E-state index contributed by atoms with van der Waals surface area (Å²) >= 11 is 6.19. The molecule has 3 nitrogen and oxygen atoms in total. The van der Waals surface area contributed by atoms with Crippen LogP contribution >= 0.6 is 11.6 Å². The van der Waals surface area contributed by atoms with Crippen molar-refractivity contribution in [1.82, 2.24) is 0 Å². The Hall–Kier alpha value is -1.74. The molecule has 1 atom stereocenters. The van der Waals surface area contributed by atoms with Crippen LogP contribution in [0.25, 0.3) is 11.0 Å². The van der Waals surface area contributed by atoms with Crippen LogP contribution in [0.4, 0.5) is 0 Å². The third-order valence-corrected chi connectivity index (χ3v) is 4.44. The molecule has 22 heavy (non-hydrogen) atoms. The standard InChI is InChI=1S/C18H19ClO3/c1-11-9-18(20)22-17-10-13(7-8-14(11)17)21-16-6-4-3-5-15(16)12(2)19/h7-10,16H,3-6H2,1-2H3/b15-12-. The van der Waals surface area contributed by atoms with Gasteiger partial charge in [-0.1, -0.05) is 11.6 Å². The molecule has 116 valence electrons. The van der Waals surface area contributed by atoms with E-state index in [4.69, 9.17) is 20.8 Å². The molecule has 0 N–H and O–H groups in total. The molecule has 2 aromatic rings. The summed E-state index contributed by atoms with van der Waals surface area (Å²) in [7, 11) is 0. The molecule has 1 aliphatic carbocycles. The molecular formula is C18H19ClO3. The van der Waals surface area contributed by atoms with E-state index in [0.29, 0.717) is 11.3 Å². The largest absolute Gasteiger partial charge is 0.486 e. The lowest BCUT2D eigenvalue weighted by Crippen LogP contribution is -2.23. The van der Waals surface area contributed by atoms with E-state index in [9.17, 15) is 4.79 Å². The van der Waals surface area contributed by atoms with Crippen molar-refractivity contribution in [2.75, 3.05) is 0 Å². The highest BCUT2D eigenvalue weighted by Crippen LogP contribution is 2.32. The molecule has 1 fully saturated rings. The average molecular weight is 319 g/mol. The van der Waals surface area contributed by atoms with Crippen LogP contribution in [0.2, 0.25) is 0 Å². The Morgan fingerprint density at radius 1 is 1.32 bits per heavy atom. The van der Waals surface area contributed by atoms with Crippen LogP contribution in [0, 0.1) is 6.92 Å². The summed E-state index contributed by atoms with van der Waals surface area (Å²) < 4.78 is 11.4. The van der Waals surface area contributed by atoms with Crippen LogP contribution in [0.3, 0.4) is 0 Å². The maximum absolute atomic E-state index is 11.5. The summed E-state index contributed by atoms with van der Waals surface area (Å²) in [5.74, 6) is 0.712. The highest BCUT2D eigenvalue weighted by atomic mass is 35.5. The molecule has 4 heteroatoms. The zero-order valence-electron chi connectivity index (χ0n) is 12.8.